The molecular formula is C19H20FN3O5S. The topological polar surface area (TPSA) is 97.8 Å². The van der Waals surface area contributed by atoms with Crippen LogP contribution in [0.1, 0.15) is 0 Å². The second-order valence-electron chi connectivity index (χ2n) is 6.47. The molecule has 0 bridgehead atoms. The molecule has 0 spiro atoms. The lowest BCUT2D eigenvalue weighted by molar-refractivity contribution is 0.0398. The van der Waals surface area contributed by atoms with Gasteiger partial charge in [0.05, 0.1) is 24.4 Å². The van der Waals surface area contributed by atoms with E-state index in [9.17, 15) is 12.8 Å². The Morgan fingerprint density at radius 2 is 1.90 bits per heavy atom. The van der Waals surface area contributed by atoms with Crippen molar-refractivity contribution in [3.63, 3.8) is 0 Å². The number of benzene rings is 1. The lowest BCUT2D eigenvalue weighted by Crippen LogP contribution is -2.39. The van der Waals surface area contributed by atoms with Crippen LogP contribution in [-0.4, -0.2) is 57.7 Å². The summed E-state index contributed by atoms with van der Waals surface area (Å²) in [7, 11) is -4.02. The molecule has 1 aromatic carbocycles. The normalized spacial score (nSPS) is 15.5. The van der Waals surface area contributed by atoms with Gasteiger partial charge in [0.1, 0.15) is 5.82 Å². The maximum absolute atomic E-state index is 13.2. The van der Waals surface area contributed by atoms with Gasteiger partial charge in [-0.2, -0.15) is 4.98 Å². The lowest BCUT2D eigenvalue weighted by Gasteiger charge is -2.26. The van der Waals surface area contributed by atoms with Crippen LogP contribution in [-0.2, 0) is 14.6 Å². The third kappa shape index (κ3) is 4.34. The third-order valence-electron chi connectivity index (χ3n) is 4.52. The van der Waals surface area contributed by atoms with Gasteiger partial charge < -0.3 is 18.9 Å². The molecule has 4 rings (SSSR count). The average molecular weight is 421 g/mol. The van der Waals surface area contributed by atoms with E-state index in [2.05, 4.69) is 15.2 Å². The van der Waals surface area contributed by atoms with Gasteiger partial charge in [0.2, 0.25) is 20.7 Å². The number of rotatable bonds is 7. The standard InChI is InChI=1S/C19H20FN3O5S/c20-14-3-5-15(6-4-14)29(24,25)19-18(21-7-8-23-9-12-26-13-10-23)28-17(22-19)16-2-1-11-27-16/h1-6,11,21H,7-10,12-13H2. The fraction of sp³-hybridized carbons (Fsp3) is 0.316. The van der Waals surface area contributed by atoms with Gasteiger partial charge in [-0.3, -0.25) is 4.90 Å². The Labute approximate surface area is 167 Å². The van der Waals surface area contributed by atoms with Crippen molar-refractivity contribution in [2.45, 2.75) is 9.92 Å². The summed E-state index contributed by atoms with van der Waals surface area (Å²) < 4.78 is 55.6. The van der Waals surface area contributed by atoms with Gasteiger partial charge in [-0.1, -0.05) is 0 Å². The zero-order valence-corrected chi connectivity index (χ0v) is 16.3. The largest absolute Gasteiger partial charge is 0.459 e. The van der Waals surface area contributed by atoms with E-state index in [0.29, 0.717) is 32.1 Å². The lowest BCUT2D eigenvalue weighted by atomic mass is 10.4. The Balaban J connectivity index is 1.61. The van der Waals surface area contributed by atoms with Crippen LogP contribution in [0.5, 0.6) is 0 Å². The van der Waals surface area contributed by atoms with Crippen LogP contribution in [0.15, 0.2) is 61.4 Å². The molecule has 3 heterocycles. The second-order valence-corrected chi connectivity index (χ2v) is 8.33. The highest BCUT2D eigenvalue weighted by Crippen LogP contribution is 2.32. The highest BCUT2D eigenvalue weighted by atomic mass is 32.2. The monoisotopic (exact) mass is 421 g/mol. The van der Waals surface area contributed by atoms with Crippen molar-refractivity contribution < 1.29 is 26.4 Å². The first-order valence-electron chi connectivity index (χ1n) is 9.13. The quantitative estimate of drug-likeness (QED) is 0.582. The highest BCUT2D eigenvalue weighted by molar-refractivity contribution is 7.91. The molecule has 1 aliphatic rings. The zero-order chi connectivity index (χ0) is 20.3. The van der Waals surface area contributed by atoms with Gasteiger partial charge in [-0.15, -0.1) is 0 Å². The van der Waals surface area contributed by atoms with E-state index in [1.54, 1.807) is 12.1 Å². The number of morpholine rings is 1. The van der Waals surface area contributed by atoms with Gasteiger partial charge in [-0.25, -0.2) is 12.8 Å². The van der Waals surface area contributed by atoms with E-state index >= 15 is 0 Å². The molecule has 0 amide bonds. The van der Waals surface area contributed by atoms with Gasteiger partial charge >= 0.3 is 0 Å². The van der Waals surface area contributed by atoms with Gasteiger partial charge in [0, 0.05) is 26.2 Å². The highest BCUT2D eigenvalue weighted by Gasteiger charge is 2.29. The van der Waals surface area contributed by atoms with Crippen LogP contribution in [0.2, 0.25) is 0 Å². The number of nitrogens with one attached hydrogen (secondary N) is 1. The Bertz CT molecular complexity index is 1040. The fourth-order valence-electron chi connectivity index (χ4n) is 2.98. The summed E-state index contributed by atoms with van der Waals surface area (Å²) in [6.45, 7) is 4.13. The van der Waals surface area contributed by atoms with Crippen LogP contribution in [0, 0.1) is 5.82 Å². The molecule has 29 heavy (non-hydrogen) atoms. The summed E-state index contributed by atoms with van der Waals surface area (Å²) in [6, 6.07) is 7.85. The predicted octanol–water partition coefficient (Wildman–Crippen LogP) is 2.65. The summed E-state index contributed by atoms with van der Waals surface area (Å²) in [5.74, 6) is -0.149. The van der Waals surface area contributed by atoms with Gasteiger partial charge in [0.15, 0.2) is 5.76 Å². The molecule has 1 N–H and O–H groups in total. The third-order valence-corrected chi connectivity index (χ3v) is 6.20. The molecule has 1 saturated heterocycles. The van der Waals surface area contributed by atoms with Crippen molar-refractivity contribution in [3.05, 3.63) is 48.5 Å². The average Bonchev–Trinajstić information content (AvgIpc) is 3.39. The number of nitrogens with zero attached hydrogens (tertiary/aromatic N) is 2. The number of hydrogen-bond donors (Lipinski definition) is 1. The van der Waals surface area contributed by atoms with E-state index in [4.69, 9.17) is 13.6 Å². The first-order valence-corrected chi connectivity index (χ1v) is 10.6. The smallest absolute Gasteiger partial charge is 0.266 e. The minimum Gasteiger partial charge on any atom is -0.459 e. The predicted molar refractivity (Wildman–Crippen MR) is 102 cm³/mol. The molecule has 0 aliphatic carbocycles. The minimum absolute atomic E-state index is 0.0222. The molecule has 3 aromatic rings. The number of halogens is 1. The first-order chi connectivity index (χ1) is 14.0. The molecule has 0 radical (unpaired) electrons. The fourth-order valence-corrected chi connectivity index (χ4v) is 4.26. The summed E-state index contributed by atoms with van der Waals surface area (Å²) in [5.41, 5.74) is 0. The Hall–Kier alpha value is -2.69. The maximum atomic E-state index is 13.2. The Kier molecular flexibility index (Phi) is 5.65. The first kappa shape index (κ1) is 19.6. The second kappa shape index (κ2) is 8.36. The molecule has 2 aromatic heterocycles. The summed E-state index contributed by atoms with van der Waals surface area (Å²) in [6.07, 6.45) is 1.44. The van der Waals surface area contributed by atoms with E-state index in [-0.39, 0.29) is 21.7 Å². The number of hydrogen-bond acceptors (Lipinski definition) is 8. The van der Waals surface area contributed by atoms with Crippen LogP contribution in [0.25, 0.3) is 11.7 Å². The molecule has 0 atom stereocenters. The summed E-state index contributed by atoms with van der Waals surface area (Å²) in [5, 5.41) is 2.76. The number of sulfone groups is 1. The molecule has 1 aliphatic heterocycles. The van der Waals surface area contributed by atoms with Crippen LogP contribution in [0.4, 0.5) is 10.3 Å². The van der Waals surface area contributed by atoms with Crippen molar-refractivity contribution in [2.75, 3.05) is 44.7 Å². The van der Waals surface area contributed by atoms with E-state index < -0.39 is 15.7 Å². The number of aromatic nitrogens is 1. The molecule has 0 unspecified atom stereocenters. The van der Waals surface area contributed by atoms with Crippen molar-refractivity contribution in [3.8, 4) is 11.7 Å². The molecule has 10 heteroatoms. The Morgan fingerprint density at radius 3 is 2.59 bits per heavy atom. The Morgan fingerprint density at radius 1 is 1.14 bits per heavy atom. The van der Waals surface area contributed by atoms with E-state index in [0.717, 1.165) is 25.2 Å². The molecule has 1 fully saturated rings. The number of furan rings is 1. The number of anilines is 1. The van der Waals surface area contributed by atoms with Crippen molar-refractivity contribution in [1.82, 2.24) is 9.88 Å². The van der Waals surface area contributed by atoms with Crippen LogP contribution >= 0.6 is 0 Å². The molecule has 0 saturated carbocycles. The van der Waals surface area contributed by atoms with Gasteiger partial charge in [0.25, 0.3) is 5.89 Å². The minimum atomic E-state index is -4.02. The zero-order valence-electron chi connectivity index (χ0n) is 15.5. The molecular weight excluding hydrogens is 401 g/mol. The van der Waals surface area contributed by atoms with Crippen molar-refractivity contribution in [2.24, 2.45) is 0 Å². The van der Waals surface area contributed by atoms with Crippen LogP contribution in [0.3, 0.4) is 0 Å². The SMILES string of the molecule is O=S(=O)(c1ccc(F)cc1)c1nc(-c2ccco2)oc1NCCN1CCOCC1. The number of oxazole rings is 1. The van der Waals surface area contributed by atoms with E-state index in [1.165, 1.54) is 18.4 Å². The molecule has 8 nitrogen and oxygen atoms in total. The van der Waals surface area contributed by atoms with Crippen molar-refractivity contribution in [1.29, 1.82) is 0 Å². The summed E-state index contributed by atoms with van der Waals surface area (Å²) in [4.78, 5) is 6.28. The number of ether oxygens (including phenoxy) is 1. The summed E-state index contributed by atoms with van der Waals surface area (Å²) >= 11 is 0. The van der Waals surface area contributed by atoms with E-state index in [1.807, 2.05) is 0 Å². The van der Waals surface area contributed by atoms with Crippen molar-refractivity contribution >= 4 is 15.7 Å². The maximum Gasteiger partial charge on any atom is 0.266 e. The van der Waals surface area contributed by atoms with Crippen LogP contribution < -0.4 is 5.32 Å². The van der Waals surface area contributed by atoms with Gasteiger partial charge in [-0.05, 0) is 36.4 Å². The molecule has 154 valence electrons.